The number of hydrogen-bond donors (Lipinski definition) is 1. The van der Waals surface area contributed by atoms with E-state index < -0.39 is 0 Å². The van der Waals surface area contributed by atoms with Crippen LogP contribution in [0.15, 0.2) is 41.6 Å². The summed E-state index contributed by atoms with van der Waals surface area (Å²) in [5, 5.41) is 3.99. The van der Waals surface area contributed by atoms with Crippen molar-refractivity contribution in [1.82, 2.24) is 9.97 Å². The summed E-state index contributed by atoms with van der Waals surface area (Å²) < 4.78 is 5.96. The number of thioether (sulfide) groups is 1. The van der Waals surface area contributed by atoms with Gasteiger partial charge in [0.15, 0.2) is 5.16 Å². The van der Waals surface area contributed by atoms with E-state index in [4.69, 9.17) is 4.74 Å². The van der Waals surface area contributed by atoms with Crippen LogP contribution in [-0.4, -0.2) is 22.8 Å². The lowest BCUT2D eigenvalue weighted by atomic mass is 10.1. The largest absolute Gasteiger partial charge is 0.470 e. The molecule has 5 heteroatoms. The van der Waals surface area contributed by atoms with E-state index in [9.17, 15) is 0 Å². The van der Waals surface area contributed by atoms with Gasteiger partial charge in [0.2, 0.25) is 5.88 Å². The maximum Gasteiger partial charge on any atom is 0.220 e. The van der Waals surface area contributed by atoms with Gasteiger partial charge in [0.1, 0.15) is 11.9 Å². The van der Waals surface area contributed by atoms with Gasteiger partial charge in [0.25, 0.3) is 0 Å². The second-order valence-electron chi connectivity index (χ2n) is 4.68. The van der Waals surface area contributed by atoms with Crippen molar-refractivity contribution in [2.24, 2.45) is 0 Å². The molecule has 1 aromatic carbocycles. The van der Waals surface area contributed by atoms with Crippen molar-refractivity contribution in [2.75, 3.05) is 18.1 Å². The molecule has 2 aromatic rings. The van der Waals surface area contributed by atoms with Crippen molar-refractivity contribution in [1.29, 1.82) is 0 Å². The molecule has 0 saturated heterocycles. The molecule has 1 N–H and O–H groups in total. The second kappa shape index (κ2) is 7.88. The van der Waals surface area contributed by atoms with E-state index in [1.54, 1.807) is 0 Å². The fraction of sp³-hybridized carbons (Fsp3) is 0.375. The van der Waals surface area contributed by atoms with Crippen LogP contribution in [0.2, 0.25) is 0 Å². The first-order valence-electron chi connectivity index (χ1n) is 7.11. The average molecular weight is 303 g/mol. The Kier molecular flexibility index (Phi) is 5.87. The molecule has 0 aliphatic heterocycles. The van der Waals surface area contributed by atoms with E-state index in [1.165, 1.54) is 11.8 Å². The summed E-state index contributed by atoms with van der Waals surface area (Å²) in [5.74, 6) is 1.41. The fourth-order valence-electron chi connectivity index (χ4n) is 1.87. The van der Waals surface area contributed by atoms with E-state index in [0.717, 1.165) is 24.3 Å². The average Bonchev–Trinajstić information content (AvgIpc) is 2.53. The van der Waals surface area contributed by atoms with Crippen LogP contribution in [0.3, 0.4) is 0 Å². The Labute approximate surface area is 130 Å². The van der Waals surface area contributed by atoms with Gasteiger partial charge in [-0.05, 0) is 25.2 Å². The number of aromatic nitrogens is 2. The minimum atomic E-state index is -0.0465. The van der Waals surface area contributed by atoms with E-state index in [-0.39, 0.29) is 6.10 Å². The van der Waals surface area contributed by atoms with E-state index >= 15 is 0 Å². The van der Waals surface area contributed by atoms with Gasteiger partial charge in [-0.25, -0.2) is 4.98 Å². The van der Waals surface area contributed by atoms with Gasteiger partial charge in [0.05, 0.1) is 0 Å². The highest BCUT2D eigenvalue weighted by atomic mass is 32.2. The first-order chi connectivity index (χ1) is 10.2. The summed E-state index contributed by atoms with van der Waals surface area (Å²) in [5.41, 5.74) is 1.13. The third-order valence-electron chi connectivity index (χ3n) is 2.99. The molecule has 0 saturated carbocycles. The summed E-state index contributed by atoms with van der Waals surface area (Å²) in [7, 11) is 0. The SMILES string of the molecule is CCCNc1cc(OC(C)c2ccccc2)nc(SC)n1. The number of hydrogen-bond acceptors (Lipinski definition) is 5. The third-order valence-corrected chi connectivity index (χ3v) is 3.54. The molecule has 0 radical (unpaired) electrons. The van der Waals surface area contributed by atoms with Crippen LogP contribution in [0, 0.1) is 0 Å². The van der Waals surface area contributed by atoms with Gasteiger partial charge in [-0.15, -0.1) is 0 Å². The normalized spacial score (nSPS) is 12.0. The minimum absolute atomic E-state index is 0.0465. The highest BCUT2D eigenvalue weighted by Crippen LogP contribution is 2.24. The number of nitrogens with zero attached hydrogens (tertiary/aromatic N) is 2. The smallest absolute Gasteiger partial charge is 0.220 e. The molecular weight excluding hydrogens is 282 g/mol. The summed E-state index contributed by atoms with van der Waals surface area (Å²) in [6.45, 7) is 5.03. The molecule has 0 fully saturated rings. The molecule has 1 heterocycles. The number of anilines is 1. The van der Waals surface area contributed by atoms with E-state index in [1.807, 2.05) is 37.4 Å². The molecule has 21 heavy (non-hydrogen) atoms. The van der Waals surface area contributed by atoms with Crippen LogP contribution in [0.5, 0.6) is 5.88 Å². The molecule has 112 valence electrons. The molecule has 4 nitrogen and oxygen atoms in total. The monoisotopic (exact) mass is 303 g/mol. The molecule has 0 amide bonds. The van der Waals surface area contributed by atoms with Gasteiger partial charge in [-0.2, -0.15) is 4.98 Å². The van der Waals surface area contributed by atoms with Crippen molar-refractivity contribution in [3.63, 3.8) is 0 Å². The quantitative estimate of drug-likeness (QED) is 0.614. The summed E-state index contributed by atoms with van der Waals surface area (Å²) in [6, 6.07) is 12.0. The lowest BCUT2D eigenvalue weighted by Gasteiger charge is -2.15. The molecular formula is C16H21N3OS. The van der Waals surface area contributed by atoms with Crippen LogP contribution in [-0.2, 0) is 0 Å². The van der Waals surface area contributed by atoms with Crippen molar-refractivity contribution >= 4 is 17.6 Å². The Bertz CT molecular complexity index is 563. The molecule has 1 atom stereocenters. The molecule has 1 aromatic heterocycles. The van der Waals surface area contributed by atoms with Crippen LogP contribution < -0.4 is 10.1 Å². The standard InChI is InChI=1S/C16H21N3OS/c1-4-10-17-14-11-15(19-16(18-14)21-3)20-12(2)13-8-6-5-7-9-13/h5-9,11-12H,4,10H2,1-3H3,(H,17,18,19). The van der Waals surface area contributed by atoms with Gasteiger partial charge < -0.3 is 10.1 Å². The second-order valence-corrected chi connectivity index (χ2v) is 5.45. The Balaban J connectivity index is 2.14. The highest BCUT2D eigenvalue weighted by molar-refractivity contribution is 7.98. The zero-order chi connectivity index (χ0) is 15.1. The Morgan fingerprint density at radius 3 is 2.67 bits per heavy atom. The van der Waals surface area contributed by atoms with Gasteiger partial charge in [-0.3, -0.25) is 0 Å². The predicted octanol–water partition coefficient (Wildman–Crippen LogP) is 4.16. The van der Waals surface area contributed by atoms with Crippen molar-refractivity contribution < 1.29 is 4.74 Å². The van der Waals surface area contributed by atoms with E-state index in [2.05, 4.69) is 34.3 Å². The zero-order valence-corrected chi connectivity index (χ0v) is 13.5. The van der Waals surface area contributed by atoms with Gasteiger partial charge in [-0.1, -0.05) is 49.0 Å². The summed E-state index contributed by atoms with van der Waals surface area (Å²) in [6.07, 6.45) is 2.97. The van der Waals surface area contributed by atoms with Crippen LogP contribution in [0.4, 0.5) is 5.82 Å². The highest BCUT2D eigenvalue weighted by Gasteiger charge is 2.10. The minimum Gasteiger partial charge on any atom is -0.470 e. The summed E-state index contributed by atoms with van der Waals surface area (Å²) >= 11 is 1.51. The number of benzene rings is 1. The Morgan fingerprint density at radius 1 is 1.24 bits per heavy atom. The molecule has 0 spiro atoms. The van der Waals surface area contributed by atoms with Crippen LogP contribution >= 0.6 is 11.8 Å². The van der Waals surface area contributed by atoms with Gasteiger partial charge in [0, 0.05) is 12.6 Å². The molecule has 0 aliphatic carbocycles. The summed E-state index contributed by atoms with van der Waals surface area (Å²) in [4.78, 5) is 8.85. The maximum atomic E-state index is 5.96. The number of ether oxygens (including phenoxy) is 1. The van der Waals surface area contributed by atoms with Crippen molar-refractivity contribution in [3.05, 3.63) is 42.0 Å². The molecule has 0 aliphatic rings. The van der Waals surface area contributed by atoms with Crippen LogP contribution in [0.25, 0.3) is 0 Å². The number of nitrogens with one attached hydrogen (secondary N) is 1. The zero-order valence-electron chi connectivity index (χ0n) is 12.7. The predicted molar refractivity (Wildman–Crippen MR) is 88.1 cm³/mol. The van der Waals surface area contributed by atoms with E-state index in [0.29, 0.717) is 11.0 Å². The Morgan fingerprint density at radius 2 is 2.00 bits per heavy atom. The number of rotatable bonds is 7. The lowest BCUT2D eigenvalue weighted by molar-refractivity contribution is 0.215. The molecule has 2 rings (SSSR count). The van der Waals surface area contributed by atoms with Crippen molar-refractivity contribution in [3.8, 4) is 5.88 Å². The Hall–Kier alpha value is -1.75. The molecule has 0 bridgehead atoms. The lowest BCUT2D eigenvalue weighted by Crippen LogP contribution is -2.07. The molecule has 1 unspecified atom stereocenters. The topological polar surface area (TPSA) is 47.0 Å². The first kappa shape index (κ1) is 15.6. The third kappa shape index (κ3) is 4.63. The van der Waals surface area contributed by atoms with Crippen molar-refractivity contribution in [2.45, 2.75) is 31.5 Å². The first-order valence-corrected chi connectivity index (χ1v) is 8.34. The fourth-order valence-corrected chi connectivity index (χ4v) is 2.24. The maximum absolute atomic E-state index is 5.96. The van der Waals surface area contributed by atoms with Gasteiger partial charge >= 0.3 is 0 Å². The van der Waals surface area contributed by atoms with Crippen LogP contribution in [0.1, 0.15) is 31.9 Å².